The van der Waals surface area contributed by atoms with Crippen molar-refractivity contribution in [3.05, 3.63) is 0 Å². The minimum Gasteiger partial charge on any atom is -0.355 e. The molecule has 0 bridgehead atoms. The molecule has 1 unspecified atom stereocenters. The molecule has 0 spiro atoms. The highest BCUT2D eigenvalue weighted by Crippen LogP contribution is 2.30. The molecule has 0 aliphatic heterocycles. The number of nitrogens with zero attached hydrogens (tertiary/aromatic N) is 1. The fraction of sp³-hybridized carbons (Fsp3) is 0.941. The Labute approximate surface area is 143 Å². The molecule has 0 aliphatic carbocycles. The van der Waals surface area contributed by atoms with Crippen molar-refractivity contribution in [2.24, 2.45) is 5.41 Å². The zero-order chi connectivity index (χ0) is 17.2. The Morgan fingerprint density at radius 2 is 1.77 bits per heavy atom. The number of carbonyl (C=O) groups is 1. The first kappa shape index (κ1) is 21.7. The second kappa shape index (κ2) is 10.5. The maximum Gasteiger partial charge on any atom is 0.221 e. The molecule has 0 fully saturated rings. The van der Waals surface area contributed by atoms with Gasteiger partial charge in [0.25, 0.3) is 0 Å². The van der Waals surface area contributed by atoms with Crippen LogP contribution in [-0.4, -0.2) is 54.8 Å². The first-order chi connectivity index (χ1) is 10.1. The van der Waals surface area contributed by atoms with Crippen molar-refractivity contribution < 1.29 is 4.79 Å². The quantitative estimate of drug-likeness (QED) is 0.403. The number of hydrogen-bond acceptors (Lipinski definition) is 4. The van der Waals surface area contributed by atoms with Gasteiger partial charge in [-0.2, -0.15) is 12.6 Å². The van der Waals surface area contributed by atoms with Crippen LogP contribution in [0, 0.1) is 5.41 Å². The van der Waals surface area contributed by atoms with Gasteiger partial charge in [-0.05, 0) is 31.8 Å². The molecule has 0 saturated heterocycles. The maximum absolute atomic E-state index is 12.0. The van der Waals surface area contributed by atoms with Crippen molar-refractivity contribution in [1.29, 1.82) is 0 Å². The van der Waals surface area contributed by atoms with Crippen molar-refractivity contribution in [3.8, 4) is 0 Å². The number of hydrogen-bond donors (Lipinski definition) is 3. The van der Waals surface area contributed by atoms with E-state index in [1.807, 2.05) is 0 Å². The van der Waals surface area contributed by atoms with Crippen molar-refractivity contribution in [3.63, 3.8) is 0 Å². The fourth-order valence-corrected chi connectivity index (χ4v) is 3.24. The van der Waals surface area contributed by atoms with Crippen molar-refractivity contribution in [2.45, 2.75) is 59.1 Å². The maximum atomic E-state index is 12.0. The monoisotopic (exact) mass is 331 g/mol. The first-order valence-electron chi connectivity index (χ1n) is 8.52. The molecule has 5 heteroatoms. The molecule has 0 aromatic rings. The van der Waals surface area contributed by atoms with E-state index in [4.69, 9.17) is 12.6 Å². The molecule has 0 aliphatic rings. The van der Waals surface area contributed by atoms with Crippen LogP contribution >= 0.6 is 12.6 Å². The lowest BCUT2D eigenvalue weighted by atomic mass is 9.85. The highest BCUT2D eigenvalue weighted by atomic mass is 32.1. The van der Waals surface area contributed by atoms with Crippen LogP contribution in [0.4, 0.5) is 0 Å². The highest BCUT2D eigenvalue weighted by Gasteiger charge is 2.26. The van der Waals surface area contributed by atoms with E-state index in [1.54, 1.807) is 0 Å². The minimum atomic E-state index is -0.163. The fourth-order valence-electron chi connectivity index (χ4n) is 2.68. The average Bonchev–Trinajstić information content (AvgIpc) is 2.38. The van der Waals surface area contributed by atoms with Gasteiger partial charge < -0.3 is 15.5 Å². The SMILES string of the molecule is CCNCCN(CC)CCC(=O)NCC(C)(S)CC(C)(C)C. The van der Waals surface area contributed by atoms with Gasteiger partial charge in [-0.1, -0.05) is 34.6 Å². The minimum absolute atomic E-state index is 0.121. The van der Waals surface area contributed by atoms with Crippen LogP contribution in [0.15, 0.2) is 0 Å². The smallest absolute Gasteiger partial charge is 0.221 e. The lowest BCUT2D eigenvalue weighted by molar-refractivity contribution is -0.121. The van der Waals surface area contributed by atoms with Crippen molar-refractivity contribution >= 4 is 18.5 Å². The third-order valence-corrected chi connectivity index (χ3v) is 3.85. The second-order valence-corrected chi connectivity index (χ2v) is 8.63. The van der Waals surface area contributed by atoms with E-state index in [9.17, 15) is 4.79 Å². The third-order valence-electron chi connectivity index (χ3n) is 3.53. The van der Waals surface area contributed by atoms with Crippen LogP contribution in [0.3, 0.4) is 0 Å². The van der Waals surface area contributed by atoms with Crippen LogP contribution in [0.2, 0.25) is 0 Å². The molecule has 0 saturated carbocycles. The summed E-state index contributed by atoms with van der Waals surface area (Å²) in [5.74, 6) is 0.121. The van der Waals surface area contributed by atoms with Gasteiger partial charge in [-0.25, -0.2) is 0 Å². The molecule has 1 atom stereocenters. The molecule has 0 rings (SSSR count). The number of likely N-dealkylation sites (N-methyl/N-ethyl adjacent to an activating group) is 2. The average molecular weight is 332 g/mol. The number of nitrogens with one attached hydrogen (secondary N) is 2. The van der Waals surface area contributed by atoms with E-state index >= 15 is 0 Å². The lowest BCUT2D eigenvalue weighted by Crippen LogP contribution is -2.41. The van der Waals surface area contributed by atoms with Gasteiger partial charge in [-0.15, -0.1) is 0 Å². The van der Waals surface area contributed by atoms with Gasteiger partial charge in [-0.3, -0.25) is 4.79 Å². The Morgan fingerprint density at radius 3 is 2.27 bits per heavy atom. The van der Waals surface area contributed by atoms with Crippen molar-refractivity contribution in [2.75, 3.05) is 39.3 Å². The number of thiol groups is 1. The summed E-state index contributed by atoms with van der Waals surface area (Å²) in [5.41, 5.74) is 0.215. The zero-order valence-electron chi connectivity index (χ0n) is 15.5. The van der Waals surface area contributed by atoms with Gasteiger partial charge in [0.05, 0.1) is 0 Å². The molecular weight excluding hydrogens is 294 g/mol. The van der Waals surface area contributed by atoms with Crippen LogP contribution in [0.25, 0.3) is 0 Å². The molecule has 0 aromatic carbocycles. The van der Waals surface area contributed by atoms with E-state index in [0.717, 1.165) is 39.1 Å². The first-order valence-corrected chi connectivity index (χ1v) is 8.96. The van der Waals surface area contributed by atoms with Crippen LogP contribution in [-0.2, 0) is 4.79 Å². The summed E-state index contributed by atoms with van der Waals surface area (Å²) < 4.78 is -0.163. The van der Waals surface area contributed by atoms with Crippen LogP contribution < -0.4 is 10.6 Å². The number of amides is 1. The summed E-state index contributed by atoms with van der Waals surface area (Å²) in [6.45, 7) is 18.3. The summed E-state index contributed by atoms with van der Waals surface area (Å²) in [6, 6.07) is 0. The van der Waals surface area contributed by atoms with E-state index in [-0.39, 0.29) is 16.1 Å². The Kier molecular flexibility index (Phi) is 10.4. The van der Waals surface area contributed by atoms with E-state index < -0.39 is 0 Å². The van der Waals surface area contributed by atoms with Gasteiger partial charge >= 0.3 is 0 Å². The lowest BCUT2D eigenvalue weighted by Gasteiger charge is -2.31. The summed E-state index contributed by atoms with van der Waals surface area (Å²) in [6.07, 6.45) is 1.52. The molecule has 22 heavy (non-hydrogen) atoms. The number of rotatable bonds is 11. The third kappa shape index (κ3) is 12.3. The Hall–Kier alpha value is -0.260. The number of carbonyl (C=O) groups excluding carboxylic acids is 1. The van der Waals surface area contributed by atoms with Crippen LogP contribution in [0.1, 0.15) is 54.4 Å². The highest BCUT2D eigenvalue weighted by molar-refractivity contribution is 7.81. The Balaban J connectivity index is 4.02. The molecule has 132 valence electrons. The van der Waals surface area contributed by atoms with Gasteiger partial charge in [0, 0.05) is 37.3 Å². The molecule has 0 radical (unpaired) electrons. The molecule has 0 heterocycles. The normalized spacial score (nSPS) is 14.9. The Morgan fingerprint density at radius 1 is 1.14 bits per heavy atom. The predicted octanol–water partition coefficient (Wildman–Crippen LogP) is 2.55. The van der Waals surface area contributed by atoms with E-state index in [0.29, 0.717) is 13.0 Å². The van der Waals surface area contributed by atoms with Crippen molar-refractivity contribution in [1.82, 2.24) is 15.5 Å². The summed E-state index contributed by atoms with van der Waals surface area (Å²) in [7, 11) is 0. The summed E-state index contributed by atoms with van der Waals surface area (Å²) in [4.78, 5) is 14.3. The van der Waals surface area contributed by atoms with Gasteiger partial charge in [0.2, 0.25) is 5.91 Å². The standard InChI is InChI=1S/C17H37N3OS/c1-7-18-10-12-20(8-2)11-9-15(21)19-14-17(6,22)13-16(3,4)5/h18,22H,7-14H2,1-6H3,(H,19,21). The molecule has 1 amide bonds. The topological polar surface area (TPSA) is 44.4 Å². The summed E-state index contributed by atoms with van der Waals surface area (Å²) in [5, 5.41) is 6.35. The zero-order valence-corrected chi connectivity index (χ0v) is 16.4. The molecule has 0 aromatic heterocycles. The second-order valence-electron chi connectivity index (χ2n) is 7.55. The predicted molar refractivity (Wildman–Crippen MR) is 99.7 cm³/mol. The molecule has 2 N–H and O–H groups in total. The van der Waals surface area contributed by atoms with E-state index in [2.05, 4.69) is 57.1 Å². The van der Waals surface area contributed by atoms with E-state index in [1.165, 1.54) is 0 Å². The van der Waals surface area contributed by atoms with Gasteiger partial charge in [0.15, 0.2) is 0 Å². The molecule has 4 nitrogen and oxygen atoms in total. The molecular formula is C17H37N3OS. The van der Waals surface area contributed by atoms with Gasteiger partial charge in [0.1, 0.15) is 0 Å². The van der Waals surface area contributed by atoms with Crippen LogP contribution in [0.5, 0.6) is 0 Å². The summed E-state index contributed by atoms with van der Waals surface area (Å²) >= 11 is 4.71. The largest absolute Gasteiger partial charge is 0.355 e. The Bertz CT molecular complexity index is 314.